The Hall–Kier alpha value is -0.120. The van der Waals surface area contributed by atoms with E-state index in [1.54, 1.807) is 0 Å². The van der Waals surface area contributed by atoms with E-state index >= 15 is 0 Å². The molecule has 3 nitrogen and oxygen atoms in total. The number of morpholine rings is 1. The van der Waals surface area contributed by atoms with Crippen LogP contribution in [0.3, 0.4) is 0 Å². The van der Waals surface area contributed by atoms with Crippen LogP contribution in [0.2, 0.25) is 0 Å². The van der Waals surface area contributed by atoms with Gasteiger partial charge in [0.25, 0.3) is 0 Å². The van der Waals surface area contributed by atoms with Crippen molar-refractivity contribution >= 4 is 0 Å². The molecule has 0 radical (unpaired) electrons. The van der Waals surface area contributed by atoms with Crippen molar-refractivity contribution < 1.29 is 9.47 Å². The monoisotopic (exact) mass is 213 g/mol. The quantitative estimate of drug-likeness (QED) is 0.696. The van der Waals surface area contributed by atoms with Crippen LogP contribution in [0.4, 0.5) is 0 Å². The Morgan fingerprint density at radius 1 is 1.27 bits per heavy atom. The smallest absolute Gasteiger partial charge is 0.0753 e. The molecule has 0 aromatic rings. The largest absolute Gasteiger partial charge is 0.377 e. The van der Waals surface area contributed by atoms with Gasteiger partial charge in [0, 0.05) is 26.2 Å². The van der Waals surface area contributed by atoms with Gasteiger partial charge in [0.1, 0.15) is 0 Å². The van der Waals surface area contributed by atoms with Crippen molar-refractivity contribution in [3.8, 4) is 0 Å². The van der Waals surface area contributed by atoms with Crippen molar-refractivity contribution in [1.82, 2.24) is 4.90 Å². The van der Waals surface area contributed by atoms with Crippen LogP contribution in [0, 0.1) is 0 Å². The van der Waals surface area contributed by atoms with Gasteiger partial charge < -0.3 is 9.47 Å². The van der Waals surface area contributed by atoms with Crippen LogP contribution >= 0.6 is 0 Å². The minimum Gasteiger partial charge on any atom is -0.377 e. The summed E-state index contributed by atoms with van der Waals surface area (Å²) in [6, 6.07) is 0. The van der Waals surface area contributed by atoms with Crippen LogP contribution in [0.1, 0.15) is 33.1 Å². The lowest BCUT2D eigenvalue weighted by atomic mass is 10.1. The van der Waals surface area contributed by atoms with Gasteiger partial charge in [-0.3, -0.25) is 4.90 Å². The highest BCUT2D eigenvalue weighted by Gasteiger charge is 2.28. The molecule has 2 fully saturated rings. The summed E-state index contributed by atoms with van der Waals surface area (Å²) in [5.41, 5.74) is 0.0208. The first kappa shape index (κ1) is 11.4. The second-order valence-corrected chi connectivity index (χ2v) is 5.33. The fourth-order valence-electron chi connectivity index (χ4n) is 2.51. The molecule has 2 saturated heterocycles. The molecule has 0 spiro atoms. The summed E-state index contributed by atoms with van der Waals surface area (Å²) in [5, 5.41) is 0. The summed E-state index contributed by atoms with van der Waals surface area (Å²) >= 11 is 0. The minimum absolute atomic E-state index is 0.0208. The first-order valence-electron chi connectivity index (χ1n) is 6.14. The maximum absolute atomic E-state index is 5.77. The predicted octanol–water partition coefficient (Wildman–Crippen LogP) is 1.67. The molecule has 88 valence electrons. The lowest BCUT2D eigenvalue weighted by Gasteiger charge is -2.40. The molecule has 2 rings (SSSR count). The Balaban J connectivity index is 1.78. The van der Waals surface area contributed by atoms with E-state index in [0.29, 0.717) is 6.10 Å². The fourth-order valence-corrected chi connectivity index (χ4v) is 2.51. The number of nitrogens with zero attached hydrogens (tertiary/aromatic N) is 1. The van der Waals surface area contributed by atoms with E-state index < -0.39 is 0 Å². The summed E-state index contributed by atoms with van der Waals surface area (Å²) < 4.78 is 11.5. The molecule has 0 bridgehead atoms. The first-order valence-corrected chi connectivity index (χ1v) is 6.14. The third kappa shape index (κ3) is 3.44. The SMILES string of the molecule is CC1(C)CN(C[C@H]2CCCCO2)CCO1. The lowest BCUT2D eigenvalue weighted by molar-refractivity contribution is -0.101. The highest BCUT2D eigenvalue weighted by molar-refractivity contribution is 4.81. The maximum Gasteiger partial charge on any atom is 0.0753 e. The molecule has 0 aromatic heterocycles. The molecule has 0 unspecified atom stereocenters. The summed E-state index contributed by atoms with van der Waals surface area (Å²) in [6.07, 6.45) is 4.27. The molecule has 0 aromatic carbocycles. The van der Waals surface area contributed by atoms with Crippen LogP contribution in [0.25, 0.3) is 0 Å². The van der Waals surface area contributed by atoms with Crippen molar-refractivity contribution in [3.63, 3.8) is 0 Å². The van der Waals surface area contributed by atoms with Gasteiger partial charge in [0.15, 0.2) is 0 Å². The van der Waals surface area contributed by atoms with E-state index in [2.05, 4.69) is 18.7 Å². The number of hydrogen-bond acceptors (Lipinski definition) is 3. The average molecular weight is 213 g/mol. The number of rotatable bonds is 2. The topological polar surface area (TPSA) is 21.7 Å². The van der Waals surface area contributed by atoms with E-state index in [4.69, 9.17) is 9.47 Å². The molecule has 15 heavy (non-hydrogen) atoms. The van der Waals surface area contributed by atoms with Gasteiger partial charge in [-0.1, -0.05) is 0 Å². The zero-order valence-corrected chi connectivity index (χ0v) is 10.00. The van der Waals surface area contributed by atoms with Crippen molar-refractivity contribution in [2.24, 2.45) is 0 Å². The van der Waals surface area contributed by atoms with Crippen LogP contribution in [0.15, 0.2) is 0 Å². The van der Waals surface area contributed by atoms with Gasteiger partial charge in [-0.05, 0) is 33.1 Å². The summed E-state index contributed by atoms with van der Waals surface area (Å²) in [4.78, 5) is 2.49. The van der Waals surface area contributed by atoms with Crippen LogP contribution < -0.4 is 0 Å². The third-order valence-corrected chi connectivity index (χ3v) is 3.24. The Kier molecular flexibility index (Phi) is 3.65. The Labute approximate surface area is 92.7 Å². The molecule has 1 atom stereocenters. The van der Waals surface area contributed by atoms with E-state index in [1.165, 1.54) is 19.3 Å². The maximum atomic E-state index is 5.77. The molecule has 2 heterocycles. The summed E-state index contributed by atoms with van der Waals surface area (Å²) in [6.45, 7) is 9.34. The molecule has 3 heteroatoms. The highest BCUT2D eigenvalue weighted by atomic mass is 16.5. The zero-order chi connectivity index (χ0) is 10.7. The van der Waals surface area contributed by atoms with Crippen LogP contribution in [-0.2, 0) is 9.47 Å². The predicted molar refractivity (Wildman–Crippen MR) is 60.1 cm³/mol. The second-order valence-electron chi connectivity index (χ2n) is 5.33. The molecule has 2 aliphatic heterocycles. The van der Waals surface area contributed by atoms with E-state index in [-0.39, 0.29) is 5.60 Å². The molecule has 0 aliphatic carbocycles. The van der Waals surface area contributed by atoms with Crippen LogP contribution in [-0.4, -0.2) is 49.5 Å². The van der Waals surface area contributed by atoms with Gasteiger partial charge in [0.2, 0.25) is 0 Å². The highest BCUT2D eigenvalue weighted by Crippen LogP contribution is 2.19. The van der Waals surface area contributed by atoms with E-state index in [0.717, 1.165) is 32.8 Å². The Bertz CT molecular complexity index is 200. The normalized spacial score (nSPS) is 32.8. The lowest BCUT2D eigenvalue weighted by Crippen LogP contribution is -2.50. The van der Waals surface area contributed by atoms with Crippen LogP contribution in [0.5, 0.6) is 0 Å². The Morgan fingerprint density at radius 2 is 2.13 bits per heavy atom. The molecule has 0 saturated carbocycles. The van der Waals surface area contributed by atoms with Crippen molar-refractivity contribution in [2.75, 3.05) is 32.8 Å². The molecule has 2 aliphatic rings. The first-order chi connectivity index (χ1) is 7.16. The molecule has 0 N–H and O–H groups in total. The van der Waals surface area contributed by atoms with Crippen molar-refractivity contribution in [3.05, 3.63) is 0 Å². The molecular weight excluding hydrogens is 190 g/mol. The molecular formula is C12H23NO2. The third-order valence-electron chi connectivity index (χ3n) is 3.24. The minimum atomic E-state index is 0.0208. The van der Waals surface area contributed by atoms with Gasteiger partial charge in [-0.25, -0.2) is 0 Å². The number of ether oxygens (including phenoxy) is 2. The standard InChI is InChI=1S/C12H23NO2/c1-12(2)10-13(6-8-15-12)9-11-5-3-4-7-14-11/h11H,3-10H2,1-2H3/t11-/m1/s1. The summed E-state index contributed by atoms with van der Waals surface area (Å²) in [5.74, 6) is 0. The van der Waals surface area contributed by atoms with Gasteiger partial charge >= 0.3 is 0 Å². The van der Waals surface area contributed by atoms with Gasteiger partial charge in [0.05, 0.1) is 18.3 Å². The average Bonchev–Trinajstić information content (AvgIpc) is 2.17. The van der Waals surface area contributed by atoms with E-state index in [1.807, 2.05) is 0 Å². The summed E-state index contributed by atoms with van der Waals surface area (Å²) in [7, 11) is 0. The fraction of sp³-hybridized carbons (Fsp3) is 1.00. The van der Waals surface area contributed by atoms with Gasteiger partial charge in [-0.2, -0.15) is 0 Å². The van der Waals surface area contributed by atoms with E-state index in [9.17, 15) is 0 Å². The van der Waals surface area contributed by atoms with Crippen molar-refractivity contribution in [2.45, 2.75) is 44.8 Å². The second kappa shape index (κ2) is 4.81. The number of hydrogen-bond donors (Lipinski definition) is 0. The molecule has 0 amide bonds. The van der Waals surface area contributed by atoms with Gasteiger partial charge in [-0.15, -0.1) is 0 Å². The zero-order valence-electron chi connectivity index (χ0n) is 10.00. The Morgan fingerprint density at radius 3 is 2.80 bits per heavy atom. The van der Waals surface area contributed by atoms with Crippen molar-refractivity contribution in [1.29, 1.82) is 0 Å².